The number of nitrogens with one attached hydrogen (secondary N) is 1. The molecule has 2 aromatic rings. The van der Waals surface area contributed by atoms with Crippen LogP contribution in [0.15, 0.2) is 41.3 Å². The third kappa shape index (κ3) is 4.86. The molecule has 2 aromatic carbocycles. The van der Waals surface area contributed by atoms with Gasteiger partial charge in [-0.1, -0.05) is 30.1 Å². The quantitative estimate of drug-likeness (QED) is 0.708. The Balaban J connectivity index is 1.90. The maximum Gasteiger partial charge on any atom is 0.257 e. The van der Waals surface area contributed by atoms with Gasteiger partial charge in [-0.3, -0.25) is 4.79 Å². The maximum absolute atomic E-state index is 13.0. The number of sulfonamides is 1. The summed E-state index contributed by atoms with van der Waals surface area (Å²) in [6.45, 7) is 3.09. The number of benzene rings is 2. The molecule has 6 nitrogen and oxygen atoms in total. The number of ether oxygens (including phenoxy) is 1. The van der Waals surface area contributed by atoms with Crippen molar-refractivity contribution in [2.24, 2.45) is 5.92 Å². The predicted molar refractivity (Wildman–Crippen MR) is 115 cm³/mol. The minimum Gasteiger partial charge on any atom is -0.495 e. The topological polar surface area (TPSA) is 75.7 Å². The van der Waals surface area contributed by atoms with E-state index in [-0.39, 0.29) is 21.2 Å². The van der Waals surface area contributed by atoms with Gasteiger partial charge in [0, 0.05) is 18.1 Å². The maximum atomic E-state index is 13.0. The summed E-state index contributed by atoms with van der Waals surface area (Å²) < 4.78 is 32.8. The first-order valence-electron chi connectivity index (χ1n) is 9.17. The van der Waals surface area contributed by atoms with Crippen LogP contribution in [0.25, 0.3) is 0 Å². The van der Waals surface area contributed by atoms with Crippen LogP contribution in [0.3, 0.4) is 0 Å². The summed E-state index contributed by atoms with van der Waals surface area (Å²) in [4.78, 5) is 12.8. The van der Waals surface area contributed by atoms with Crippen molar-refractivity contribution in [3.05, 3.63) is 52.0 Å². The molecule has 1 amide bonds. The molecule has 1 aliphatic heterocycles. The number of carbonyl (C=O) groups excluding carboxylic acids is 1. The molecule has 0 unspecified atom stereocenters. The van der Waals surface area contributed by atoms with Crippen molar-refractivity contribution in [1.29, 1.82) is 0 Å². The summed E-state index contributed by atoms with van der Waals surface area (Å²) in [7, 11) is -2.22. The molecule has 0 radical (unpaired) electrons. The molecule has 0 atom stereocenters. The fraction of sp³-hybridized carbons (Fsp3) is 0.350. The average molecular weight is 457 g/mol. The van der Waals surface area contributed by atoms with E-state index in [1.165, 1.54) is 41.7 Å². The van der Waals surface area contributed by atoms with Crippen LogP contribution >= 0.6 is 23.2 Å². The normalized spacial score (nSPS) is 15.9. The zero-order chi connectivity index (χ0) is 21.2. The van der Waals surface area contributed by atoms with E-state index in [9.17, 15) is 13.2 Å². The number of rotatable bonds is 5. The number of anilines is 1. The highest BCUT2D eigenvalue weighted by atomic mass is 35.5. The van der Waals surface area contributed by atoms with Crippen molar-refractivity contribution in [3.8, 4) is 5.75 Å². The Bertz CT molecular complexity index is 1020. The number of amides is 1. The lowest BCUT2D eigenvalue weighted by molar-refractivity contribution is 0.102. The van der Waals surface area contributed by atoms with E-state index < -0.39 is 15.9 Å². The number of halogens is 2. The molecule has 1 fully saturated rings. The van der Waals surface area contributed by atoms with E-state index in [0.29, 0.717) is 29.8 Å². The summed E-state index contributed by atoms with van der Waals surface area (Å²) >= 11 is 12.0. The summed E-state index contributed by atoms with van der Waals surface area (Å²) in [6, 6.07) is 8.94. The van der Waals surface area contributed by atoms with Gasteiger partial charge in [-0.15, -0.1) is 0 Å². The van der Waals surface area contributed by atoms with Crippen molar-refractivity contribution < 1.29 is 17.9 Å². The van der Waals surface area contributed by atoms with Gasteiger partial charge in [0.15, 0.2) is 0 Å². The average Bonchev–Trinajstić information content (AvgIpc) is 2.68. The van der Waals surface area contributed by atoms with Crippen LogP contribution in [-0.4, -0.2) is 38.8 Å². The number of piperidine rings is 1. The van der Waals surface area contributed by atoms with Crippen molar-refractivity contribution >= 4 is 44.8 Å². The minimum absolute atomic E-state index is 0.102. The van der Waals surface area contributed by atoms with Gasteiger partial charge in [-0.05, 0) is 55.2 Å². The van der Waals surface area contributed by atoms with Crippen LogP contribution in [0.5, 0.6) is 5.75 Å². The lowest BCUT2D eigenvalue weighted by Crippen LogP contribution is -2.37. The molecular weight excluding hydrogens is 435 g/mol. The van der Waals surface area contributed by atoms with Crippen LogP contribution < -0.4 is 10.1 Å². The number of methoxy groups -OCH3 is 1. The van der Waals surface area contributed by atoms with Gasteiger partial charge >= 0.3 is 0 Å². The number of carbonyl (C=O) groups is 1. The second kappa shape index (κ2) is 8.92. The van der Waals surface area contributed by atoms with E-state index >= 15 is 0 Å². The van der Waals surface area contributed by atoms with Gasteiger partial charge in [0.25, 0.3) is 5.91 Å². The van der Waals surface area contributed by atoms with Gasteiger partial charge in [0.05, 0.1) is 28.3 Å². The van der Waals surface area contributed by atoms with Crippen LogP contribution in [0.1, 0.15) is 30.1 Å². The van der Waals surface area contributed by atoms with Gasteiger partial charge in [-0.2, -0.15) is 4.31 Å². The summed E-state index contributed by atoms with van der Waals surface area (Å²) in [5.74, 6) is 0.359. The Morgan fingerprint density at radius 2 is 1.83 bits per heavy atom. The van der Waals surface area contributed by atoms with Gasteiger partial charge in [0.1, 0.15) is 5.75 Å². The van der Waals surface area contributed by atoms with E-state index in [4.69, 9.17) is 27.9 Å². The smallest absolute Gasteiger partial charge is 0.257 e. The Morgan fingerprint density at radius 1 is 1.14 bits per heavy atom. The Morgan fingerprint density at radius 3 is 2.45 bits per heavy atom. The zero-order valence-corrected chi connectivity index (χ0v) is 18.4. The Kier molecular flexibility index (Phi) is 6.73. The van der Waals surface area contributed by atoms with Gasteiger partial charge in [0.2, 0.25) is 10.0 Å². The van der Waals surface area contributed by atoms with Crippen LogP contribution in [0.2, 0.25) is 10.0 Å². The second-order valence-electron chi connectivity index (χ2n) is 7.03. The Hall–Kier alpha value is -1.80. The fourth-order valence-electron chi connectivity index (χ4n) is 3.18. The molecule has 1 N–H and O–H groups in total. The Labute approximate surface area is 180 Å². The SMILES string of the molecule is COc1ccc(S(=O)(=O)N2CCC(C)CC2)cc1NC(=O)c1ccc(Cl)cc1Cl. The highest BCUT2D eigenvalue weighted by Gasteiger charge is 2.29. The molecule has 1 saturated heterocycles. The summed E-state index contributed by atoms with van der Waals surface area (Å²) in [5.41, 5.74) is 0.464. The number of nitrogens with zero attached hydrogens (tertiary/aromatic N) is 1. The van der Waals surface area contributed by atoms with Crippen molar-refractivity contribution in [2.75, 3.05) is 25.5 Å². The largest absolute Gasteiger partial charge is 0.495 e. The van der Waals surface area contributed by atoms with Crippen LogP contribution in [0, 0.1) is 5.92 Å². The lowest BCUT2D eigenvalue weighted by atomic mass is 10.0. The highest BCUT2D eigenvalue weighted by Crippen LogP contribution is 2.31. The molecule has 0 spiro atoms. The van der Waals surface area contributed by atoms with Crippen molar-refractivity contribution in [3.63, 3.8) is 0 Å². The van der Waals surface area contributed by atoms with Gasteiger partial charge in [-0.25, -0.2) is 8.42 Å². The molecule has 0 bridgehead atoms. The molecule has 29 heavy (non-hydrogen) atoms. The molecule has 1 heterocycles. The van der Waals surface area contributed by atoms with Gasteiger partial charge < -0.3 is 10.1 Å². The highest BCUT2D eigenvalue weighted by molar-refractivity contribution is 7.89. The molecule has 3 rings (SSSR count). The minimum atomic E-state index is -3.66. The summed E-state index contributed by atoms with van der Waals surface area (Å²) in [5, 5.41) is 3.29. The molecule has 0 saturated carbocycles. The molecule has 0 aliphatic carbocycles. The third-order valence-electron chi connectivity index (χ3n) is 4.98. The van der Waals surface area contributed by atoms with Crippen molar-refractivity contribution in [2.45, 2.75) is 24.7 Å². The number of hydrogen-bond acceptors (Lipinski definition) is 4. The van der Waals surface area contributed by atoms with E-state index in [1.807, 2.05) is 0 Å². The van der Waals surface area contributed by atoms with Crippen LogP contribution in [-0.2, 0) is 10.0 Å². The van der Waals surface area contributed by atoms with E-state index in [0.717, 1.165) is 12.8 Å². The third-order valence-corrected chi connectivity index (χ3v) is 7.42. The lowest BCUT2D eigenvalue weighted by Gasteiger charge is -2.29. The molecule has 1 aliphatic rings. The molecular formula is C20H22Cl2N2O4S. The monoisotopic (exact) mass is 456 g/mol. The first kappa shape index (κ1) is 21.9. The molecule has 0 aromatic heterocycles. The van der Waals surface area contributed by atoms with E-state index in [2.05, 4.69) is 12.2 Å². The standard InChI is InChI=1S/C20H22Cl2N2O4S/c1-13-7-9-24(10-8-13)29(26,27)15-4-6-19(28-2)18(12-15)23-20(25)16-5-3-14(21)11-17(16)22/h3-6,11-13H,7-10H2,1-2H3,(H,23,25). The first-order valence-corrected chi connectivity index (χ1v) is 11.4. The molecule has 9 heteroatoms. The predicted octanol–water partition coefficient (Wildman–Crippen LogP) is 4.67. The van der Waals surface area contributed by atoms with E-state index in [1.54, 1.807) is 6.07 Å². The van der Waals surface area contributed by atoms with Crippen molar-refractivity contribution in [1.82, 2.24) is 4.31 Å². The first-order chi connectivity index (χ1) is 13.7. The molecule has 156 valence electrons. The fourth-order valence-corrected chi connectivity index (χ4v) is 5.17. The van der Waals surface area contributed by atoms with Crippen LogP contribution in [0.4, 0.5) is 5.69 Å². The number of hydrogen-bond donors (Lipinski definition) is 1. The second-order valence-corrected chi connectivity index (χ2v) is 9.81. The zero-order valence-electron chi connectivity index (χ0n) is 16.1. The summed E-state index contributed by atoms with van der Waals surface area (Å²) in [6.07, 6.45) is 1.65.